The summed E-state index contributed by atoms with van der Waals surface area (Å²) in [5.41, 5.74) is 3.20. The molecule has 1 fully saturated rings. The summed E-state index contributed by atoms with van der Waals surface area (Å²) >= 11 is 0. The lowest BCUT2D eigenvalue weighted by Gasteiger charge is -2.24. The molecule has 2 nitrogen and oxygen atoms in total. The van der Waals surface area contributed by atoms with Gasteiger partial charge in [-0.1, -0.05) is 25.1 Å². The lowest BCUT2D eigenvalue weighted by atomic mass is 10.00. The lowest BCUT2D eigenvalue weighted by molar-refractivity contribution is 0.402. The van der Waals surface area contributed by atoms with E-state index in [1.54, 1.807) is 0 Å². The lowest BCUT2D eigenvalue weighted by Crippen LogP contribution is -2.26. The highest BCUT2D eigenvalue weighted by Crippen LogP contribution is 2.48. The van der Waals surface area contributed by atoms with Crippen LogP contribution in [0.4, 0.5) is 5.69 Å². The number of nitrogens with zero attached hydrogens (tertiary/aromatic N) is 1. The molecule has 1 aliphatic carbocycles. The molecule has 0 amide bonds. The van der Waals surface area contributed by atoms with Crippen LogP contribution in [0.2, 0.25) is 0 Å². The first-order chi connectivity index (χ1) is 8.01. The van der Waals surface area contributed by atoms with E-state index in [2.05, 4.69) is 62.4 Å². The van der Waals surface area contributed by atoms with Gasteiger partial charge in [-0.25, -0.2) is 0 Å². The zero-order valence-corrected chi connectivity index (χ0v) is 11.5. The van der Waals surface area contributed by atoms with Crippen LogP contribution >= 0.6 is 0 Å². The predicted molar refractivity (Wildman–Crippen MR) is 74.3 cm³/mol. The number of anilines is 1. The van der Waals surface area contributed by atoms with E-state index in [1.807, 2.05) is 0 Å². The number of rotatable bonds is 5. The standard InChI is InChI=1S/C15H24N2/c1-12(15(2)9-10-15)16-14-8-6-5-7-13(14)11-17(3)4/h5-8,12,16H,9-11H2,1-4H3. The highest BCUT2D eigenvalue weighted by molar-refractivity contribution is 5.52. The second kappa shape index (κ2) is 4.69. The van der Waals surface area contributed by atoms with E-state index < -0.39 is 0 Å². The summed E-state index contributed by atoms with van der Waals surface area (Å²) in [6.07, 6.45) is 2.72. The van der Waals surface area contributed by atoms with E-state index in [1.165, 1.54) is 24.1 Å². The van der Waals surface area contributed by atoms with Crippen molar-refractivity contribution in [2.24, 2.45) is 5.41 Å². The summed E-state index contributed by atoms with van der Waals surface area (Å²) in [5.74, 6) is 0. The maximum absolute atomic E-state index is 3.69. The molecule has 1 saturated carbocycles. The van der Waals surface area contributed by atoms with Crippen molar-refractivity contribution in [3.63, 3.8) is 0 Å². The Labute approximate surface area is 105 Å². The Balaban J connectivity index is 2.09. The SMILES string of the molecule is CC(Nc1ccccc1CN(C)C)C1(C)CC1. The molecule has 0 heterocycles. The molecule has 0 radical (unpaired) electrons. The van der Waals surface area contributed by atoms with Crippen LogP contribution in [0.5, 0.6) is 0 Å². The normalized spacial score (nSPS) is 19.1. The fourth-order valence-corrected chi connectivity index (χ4v) is 2.18. The van der Waals surface area contributed by atoms with Crippen molar-refractivity contribution < 1.29 is 0 Å². The molecule has 1 aromatic carbocycles. The zero-order valence-electron chi connectivity index (χ0n) is 11.5. The minimum atomic E-state index is 0.519. The van der Waals surface area contributed by atoms with Gasteiger partial charge < -0.3 is 10.2 Å². The Kier molecular flexibility index (Phi) is 3.43. The van der Waals surface area contributed by atoms with Gasteiger partial charge in [0.05, 0.1) is 0 Å². The average Bonchev–Trinajstić information content (AvgIpc) is 3.00. The van der Waals surface area contributed by atoms with Gasteiger partial charge in [0, 0.05) is 18.3 Å². The molecule has 2 heteroatoms. The van der Waals surface area contributed by atoms with Crippen molar-refractivity contribution in [2.45, 2.75) is 39.3 Å². The molecule has 1 aliphatic rings. The van der Waals surface area contributed by atoms with Crippen LogP contribution < -0.4 is 5.32 Å². The molecule has 0 saturated heterocycles. The molecule has 94 valence electrons. The maximum atomic E-state index is 3.69. The van der Waals surface area contributed by atoms with Crippen LogP contribution in [0.15, 0.2) is 24.3 Å². The quantitative estimate of drug-likeness (QED) is 0.837. The molecule has 1 aromatic rings. The third-order valence-corrected chi connectivity index (χ3v) is 3.96. The first-order valence-electron chi connectivity index (χ1n) is 6.50. The van der Waals surface area contributed by atoms with Gasteiger partial charge in [0.15, 0.2) is 0 Å². The molecule has 2 rings (SSSR count). The summed E-state index contributed by atoms with van der Waals surface area (Å²) in [6.45, 7) is 5.67. The number of benzene rings is 1. The van der Waals surface area contributed by atoms with Gasteiger partial charge in [-0.15, -0.1) is 0 Å². The van der Waals surface area contributed by atoms with Gasteiger partial charge in [-0.05, 0) is 50.9 Å². The number of para-hydroxylation sites is 1. The van der Waals surface area contributed by atoms with E-state index in [-0.39, 0.29) is 0 Å². The van der Waals surface area contributed by atoms with Gasteiger partial charge in [-0.2, -0.15) is 0 Å². The van der Waals surface area contributed by atoms with Gasteiger partial charge in [-0.3, -0.25) is 0 Å². The van der Waals surface area contributed by atoms with Crippen LogP contribution in [-0.4, -0.2) is 25.0 Å². The molecule has 0 bridgehead atoms. The molecule has 1 atom stereocenters. The summed E-state index contributed by atoms with van der Waals surface area (Å²) in [5, 5.41) is 3.69. The largest absolute Gasteiger partial charge is 0.382 e. The maximum Gasteiger partial charge on any atom is 0.0388 e. The Morgan fingerprint density at radius 3 is 2.53 bits per heavy atom. The van der Waals surface area contributed by atoms with E-state index in [0.29, 0.717) is 11.5 Å². The van der Waals surface area contributed by atoms with Crippen LogP contribution in [0.1, 0.15) is 32.3 Å². The van der Waals surface area contributed by atoms with Crippen molar-refractivity contribution >= 4 is 5.69 Å². The first-order valence-corrected chi connectivity index (χ1v) is 6.50. The molecule has 0 spiro atoms. The Morgan fingerprint density at radius 2 is 1.94 bits per heavy atom. The van der Waals surface area contributed by atoms with Gasteiger partial charge in [0.25, 0.3) is 0 Å². The van der Waals surface area contributed by atoms with Gasteiger partial charge >= 0.3 is 0 Å². The molecule has 1 N–H and O–H groups in total. The highest BCUT2D eigenvalue weighted by atomic mass is 15.1. The number of nitrogens with one attached hydrogen (secondary N) is 1. The summed E-state index contributed by atoms with van der Waals surface area (Å²) < 4.78 is 0. The number of hydrogen-bond donors (Lipinski definition) is 1. The van der Waals surface area contributed by atoms with Crippen LogP contribution in [0, 0.1) is 5.41 Å². The van der Waals surface area contributed by atoms with E-state index in [9.17, 15) is 0 Å². The second-order valence-electron chi connectivity index (χ2n) is 5.91. The molecule has 0 aliphatic heterocycles. The minimum Gasteiger partial charge on any atom is -0.382 e. The summed E-state index contributed by atoms with van der Waals surface area (Å²) in [4.78, 5) is 2.21. The van der Waals surface area contributed by atoms with E-state index in [4.69, 9.17) is 0 Å². The minimum absolute atomic E-state index is 0.519. The van der Waals surface area contributed by atoms with Gasteiger partial charge in [0.1, 0.15) is 0 Å². The van der Waals surface area contributed by atoms with Crippen LogP contribution in [0.3, 0.4) is 0 Å². The van der Waals surface area contributed by atoms with Crippen molar-refractivity contribution in [1.82, 2.24) is 4.90 Å². The van der Waals surface area contributed by atoms with Crippen molar-refractivity contribution in [3.8, 4) is 0 Å². The van der Waals surface area contributed by atoms with Gasteiger partial charge in [0.2, 0.25) is 0 Å². The van der Waals surface area contributed by atoms with E-state index in [0.717, 1.165) is 6.54 Å². The third kappa shape index (κ3) is 3.01. The molecule has 1 unspecified atom stereocenters. The predicted octanol–water partition coefficient (Wildman–Crippen LogP) is 3.35. The topological polar surface area (TPSA) is 15.3 Å². The second-order valence-corrected chi connectivity index (χ2v) is 5.91. The Bertz CT molecular complexity index is 380. The Hall–Kier alpha value is -1.02. The van der Waals surface area contributed by atoms with Crippen LogP contribution in [-0.2, 0) is 6.54 Å². The fourth-order valence-electron chi connectivity index (χ4n) is 2.18. The first kappa shape index (κ1) is 12.4. The number of hydrogen-bond acceptors (Lipinski definition) is 2. The third-order valence-electron chi connectivity index (χ3n) is 3.96. The van der Waals surface area contributed by atoms with Crippen molar-refractivity contribution in [2.75, 3.05) is 19.4 Å². The van der Waals surface area contributed by atoms with Crippen molar-refractivity contribution in [3.05, 3.63) is 29.8 Å². The Morgan fingerprint density at radius 1 is 1.29 bits per heavy atom. The fraction of sp³-hybridized carbons (Fsp3) is 0.600. The smallest absolute Gasteiger partial charge is 0.0388 e. The molecular formula is C15H24N2. The van der Waals surface area contributed by atoms with E-state index >= 15 is 0 Å². The zero-order chi connectivity index (χ0) is 12.5. The monoisotopic (exact) mass is 232 g/mol. The highest BCUT2D eigenvalue weighted by Gasteiger charge is 2.42. The molecule has 17 heavy (non-hydrogen) atoms. The van der Waals surface area contributed by atoms with Crippen molar-refractivity contribution in [1.29, 1.82) is 0 Å². The average molecular weight is 232 g/mol. The summed E-state index contributed by atoms with van der Waals surface area (Å²) in [6, 6.07) is 9.20. The summed E-state index contributed by atoms with van der Waals surface area (Å²) in [7, 11) is 4.23. The molecule has 0 aromatic heterocycles. The molecular weight excluding hydrogens is 208 g/mol. The van der Waals surface area contributed by atoms with Crippen LogP contribution in [0.25, 0.3) is 0 Å².